The molecule has 0 spiro atoms. The molecule has 6 nitrogen and oxygen atoms in total. The summed E-state index contributed by atoms with van der Waals surface area (Å²) < 4.78 is 0. The van der Waals surface area contributed by atoms with Crippen LogP contribution in [0.1, 0.15) is 40.9 Å². The molecular weight excluding hydrogens is 349 g/mol. The highest BCUT2D eigenvalue weighted by Crippen LogP contribution is 2.22. The molecule has 1 amide bonds. The number of halogens is 2. The van der Waals surface area contributed by atoms with Gasteiger partial charge >= 0.3 is 0 Å². The van der Waals surface area contributed by atoms with E-state index in [4.69, 9.17) is 34.2 Å². The predicted molar refractivity (Wildman–Crippen MR) is 94.1 cm³/mol. The lowest BCUT2D eigenvalue weighted by Crippen LogP contribution is -2.24. The number of aromatic amines is 1. The van der Waals surface area contributed by atoms with E-state index < -0.39 is 0 Å². The minimum absolute atomic E-state index is 0.179. The van der Waals surface area contributed by atoms with Crippen molar-refractivity contribution >= 4 is 34.9 Å². The van der Waals surface area contributed by atoms with Crippen LogP contribution in [0.3, 0.4) is 0 Å². The molecule has 1 aromatic carbocycles. The second kappa shape index (κ2) is 8.57. The Labute approximate surface area is 149 Å². The van der Waals surface area contributed by atoms with E-state index in [0.717, 1.165) is 25.0 Å². The van der Waals surface area contributed by atoms with E-state index in [1.54, 1.807) is 18.2 Å². The van der Waals surface area contributed by atoms with Crippen LogP contribution in [0.2, 0.25) is 10.0 Å². The number of unbranched alkanes of at least 4 members (excludes halogenated alkanes) is 2. The van der Waals surface area contributed by atoms with Gasteiger partial charge in [-0.15, -0.1) is 0 Å². The van der Waals surface area contributed by atoms with Crippen molar-refractivity contribution in [1.29, 1.82) is 5.26 Å². The van der Waals surface area contributed by atoms with E-state index in [2.05, 4.69) is 15.5 Å². The summed E-state index contributed by atoms with van der Waals surface area (Å²) in [6, 6.07) is 6.82. The number of hydrogen-bond acceptors (Lipinski definition) is 4. The molecule has 4 N–H and O–H groups in total. The lowest BCUT2D eigenvalue weighted by molar-refractivity contribution is 0.0953. The summed E-state index contributed by atoms with van der Waals surface area (Å²) >= 11 is 11.7. The fraction of sp³-hybridized carbons (Fsp3) is 0.312. The van der Waals surface area contributed by atoms with Gasteiger partial charge in [0, 0.05) is 12.1 Å². The van der Waals surface area contributed by atoms with Crippen molar-refractivity contribution in [3.63, 3.8) is 0 Å². The van der Waals surface area contributed by atoms with E-state index in [9.17, 15) is 4.79 Å². The highest BCUT2D eigenvalue weighted by atomic mass is 35.5. The largest absolute Gasteiger partial charge is 0.381 e. The third-order valence-corrected chi connectivity index (χ3v) is 4.29. The van der Waals surface area contributed by atoms with Crippen LogP contribution in [0.5, 0.6) is 0 Å². The van der Waals surface area contributed by atoms with Crippen molar-refractivity contribution in [3.05, 3.63) is 45.1 Å². The van der Waals surface area contributed by atoms with Crippen molar-refractivity contribution < 1.29 is 4.79 Å². The number of anilines is 1. The Balaban J connectivity index is 1.68. The molecule has 24 heavy (non-hydrogen) atoms. The van der Waals surface area contributed by atoms with Gasteiger partial charge in [-0.3, -0.25) is 9.89 Å². The number of amides is 1. The van der Waals surface area contributed by atoms with Gasteiger partial charge in [0.25, 0.3) is 5.91 Å². The molecule has 0 radical (unpaired) electrons. The average molecular weight is 366 g/mol. The van der Waals surface area contributed by atoms with Gasteiger partial charge in [0.1, 0.15) is 11.6 Å². The van der Waals surface area contributed by atoms with Crippen LogP contribution in [0.25, 0.3) is 0 Å². The molecule has 2 aromatic rings. The molecule has 0 bridgehead atoms. The molecule has 0 fully saturated rings. The maximum absolute atomic E-state index is 12.0. The quantitative estimate of drug-likeness (QED) is 0.653. The van der Waals surface area contributed by atoms with Gasteiger partial charge in [0.05, 0.1) is 15.7 Å². The fourth-order valence-corrected chi connectivity index (χ4v) is 2.54. The highest BCUT2D eigenvalue weighted by molar-refractivity contribution is 6.42. The SMILES string of the molecule is N#Cc1c(N)n[nH]c1CCCCCNC(=O)c1ccc(Cl)c(Cl)c1. The van der Waals surface area contributed by atoms with Gasteiger partial charge in [0.2, 0.25) is 0 Å². The van der Waals surface area contributed by atoms with Crippen LogP contribution < -0.4 is 11.1 Å². The van der Waals surface area contributed by atoms with Crippen molar-refractivity contribution in [2.24, 2.45) is 0 Å². The second-order valence-corrected chi connectivity index (χ2v) is 6.08. The number of carbonyl (C=O) groups is 1. The minimum atomic E-state index is -0.179. The number of carbonyl (C=O) groups excluding carboxylic acids is 1. The molecule has 126 valence electrons. The lowest BCUT2D eigenvalue weighted by atomic mass is 10.1. The Morgan fingerprint density at radius 3 is 2.79 bits per heavy atom. The summed E-state index contributed by atoms with van der Waals surface area (Å²) in [5, 5.41) is 19.2. The zero-order valence-electron chi connectivity index (χ0n) is 12.9. The monoisotopic (exact) mass is 365 g/mol. The number of hydrogen-bond donors (Lipinski definition) is 3. The van der Waals surface area contributed by atoms with Crippen LogP contribution >= 0.6 is 23.2 Å². The smallest absolute Gasteiger partial charge is 0.251 e. The third kappa shape index (κ3) is 4.63. The first-order valence-electron chi connectivity index (χ1n) is 7.49. The molecule has 0 saturated carbocycles. The summed E-state index contributed by atoms with van der Waals surface area (Å²) in [5.74, 6) is 0.0584. The van der Waals surface area contributed by atoms with Gasteiger partial charge in [-0.25, -0.2) is 0 Å². The molecule has 0 aliphatic heterocycles. The zero-order valence-corrected chi connectivity index (χ0v) is 14.4. The Hall–Kier alpha value is -2.23. The number of aryl methyl sites for hydroxylation is 1. The number of aromatic nitrogens is 2. The summed E-state index contributed by atoms with van der Waals surface area (Å²) in [7, 11) is 0. The number of nitrogen functional groups attached to an aromatic ring is 1. The third-order valence-electron chi connectivity index (χ3n) is 3.55. The summed E-state index contributed by atoms with van der Waals surface area (Å²) in [5.41, 5.74) is 7.24. The number of rotatable bonds is 7. The van der Waals surface area contributed by atoms with Crippen LogP contribution in [-0.4, -0.2) is 22.6 Å². The Bertz CT molecular complexity index is 766. The summed E-state index contributed by atoms with van der Waals surface area (Å²) in [4.78, 5) is 12.0. The number of nitrogens with zero attached hydrogens (tertiary/aromatic N) is 2. The van der Waals surface area contributed by atoms with E-state index in [1.807, 2.05) is 6.07 Å². The van der Waals surface area contributed by atoms with Crippen molar-refractivity contribution in [2.45, 2.75) is 25.7 Å². The second-order valence-electron chi connectivity index (χ2n) is 5.27. The highest BCUT2D eigenvalue weighted by Gasteiger charge is 2.10. The van der Waals surface area contributed by atoms with Gasteiger partial charge in [0.15, 0.2) is 5.82 Å². The Morgan fingerprint density at radius 2 is 2.08 bits per heavy atom. The van der Waals surface area contributed by atoms with Crippen LogP contribution in [-0.2, 0) is 6.42 Å². The van der Waals surface area contributed by atoms with E-state index >= 15 is 0 Å². The van der Waals surface area contributed by atoms with E-state index in [0.29, 0.717) is 34.1 Å². The van der Waals surface area contributed by atoms with Crippen molar-refractivity contribution in [3.8, 4) is 6.07 Å². The minimum Gasteiger partial charge on any atom is -0.381 e. The van der Waals surface area contributed by atoms with Gasteiger partial charge in [-0.05, 0) is 37.5 Å². The molecule has 0 aliphatic carbocycles. The van der Waals surface area contributed by atoms with Crippen LogP contribution in [0, 0.1) is 11.3 Å². The zero-order chi connectivity index (χ0) is 17.5. The van der Waals surface area contributed by atoms with Gasteiger partial charge in [-0.2, -0.15) is 10.4 Å². The standard InChI is InChI=1S/C16H17Cl2N5O/c17-12-6-5-10(8-13(12)18)16(24)21-7-3-1-2-4-14-11(9-19)15(20)23-22-14/h5-6,8H,1-4,7H2,(H,21,24)(H3,20,22,23). The topological polar surface area (TPSA) is 108 Å². The lowest BCUT2D eigenvalue weighted by Gasteiger charge is -2.06. The van der Waals surface area contributed by atoms with Crippen molar-refractivity contribution in [1.82, 2.24) is 15.5 Å². The first-order chi connectivity index (χ1) is 11.5. The molecule has 0 saturated heterocycles. The van der Waals surface area contributed by atoms with Crippen molar-refractivity contribution in [2.75, 3.05) is 12.3 Å². The fourth-order valence-electron chi connectivity index (χ4n) is 2.24. The molecule has 2 rings (SSSR count). The molecular formula is C16H17Cl2N5O. The predicted octanol–water partition coefficient (Wildman–Crippen LogP) is 3.31. The average Bonchev–Trinajstić information content (AvgIpc) is 2.92. The van der Waals surface area contributed by atoms with Crippen LogP contribution in [0.4, 0.5) is 5.82 Å². The van der Waals surface area contributed by atoms with Gasteiger partial charge in [-0.1, -0.05) is 29.6 Å². The first kappa shape index (κ1) is 18.1. The molecule has 8 heteroatoms. The summed E-state index contributed by atoms with van der Waals surface area (Å²) in [6.07, 6.45) is 3.32. The normalized spacial score (nSPS) is 10.4. The molecule has 0 atom stereocenters. The molecule has 0 aliphatic rings. The van der Waals surface area contributed by atoms with E-state index in [-0.39, 0.29) is 11.7 Å². The van der Waals surface area contributed by atoms with Crippen LogP contribution in [0.15, 0.2) is 18.2 Å². The first-order valence-corrected chi connectivity index (χ1v) is 8.24. The molecule has 0 unspecified atom stereocenters. The number of nitrogens with one attached hydrogen (secondary N) is 2. The Morgan fingerprint density at radius 1 is 1.29 bits per heavy atom. The Kier molecular flexibility index (Phi) is 6.47. The molecule has 1 aromatic heterocycles. The van der Waals surface area contributed by atoms with Gasteiger partial charge < -0.3 is 11.1 Å². The summed E-state index contributed by atoms with van der Waals surface area (Å²) in [6.45, 7) is 0.565. The maximum Gasteiger partial charge on any atom is 0.251 e. The number of nitriles is 1. The van der Waals surface area contributed by atoms with E-state index in [1.165, 1.54) is 0 Å². The maximum atomic E-state index is 12.0. The molecule has 1 heterocycles. The number of H-pyrrole nitrogens is 1. The number of benzene rings is 1. The number of nitrogens with two attached hydrogens (primary N) is 1.